The van der Waals surface area contributed by atoms with E-state index >= 15 is 0 Å². The number of carbonyl (C=O) groups excluding carboxylic acids is 1. The van der Waals surface area contributed by atoms with Crippen LogP contribution in [0.1, 0.15) is 21.7 Å². The van der Waals surface area contributed by atoms with Gasteiger partial charge in [-0.2, -0.15) is 0 Å². The maximum absolute atomic E-state index is 11.9. The van der Waals surface area contributed by atoms with Crippen LogP contribution in [0.2, 0.25) is 0 Å². The number of carboxylic acids is 1. The fourth-order valence-corrected chi connectivity index (χ4v) is 1.46. The van der Waals surface area contributed by atoms with Crippen LogP contribution in [-0.4, -0.2) is 26.8 Å². The molecule has 1 aromatic carbocycles. The van der Waals surface area contributed by atoms with Gasteiger partial charge in [0.2, 0.25) is 11.6 Å². The quantitative estimate of drug-likeness (QED) is 0.818. The van der Waals surface area contributed by atoms with Gasteiger partial charge in [-0.1, -0.05) is 30.3 Å². The minimum Gasteiger partial charge on any atom is -0.481 e. The van der Waals surface area contributed by atoms with Gasteiger partial charge in [-0.3, -0.25) is 9.59 Å². The molecule has 5 heteroatoms. The fourth-order valence-electron chi connectivity index (χ4n) is 1.46. The zero-order valence-electron chi connectivity index (χ0n) is 9.41. The van der Waals surface area contributed by atoms with Crippen LogP contribution in [0.5, 0.6) is 0 Å². The molecule has 0 saturated heterocycles. The first kappa shape index (κ1) is 11.9. The summed E-state index contributed by atoms with van der Waals surface area (Å²) in [4.78, 5) is 30.2. The van der Waals surface area contributed by atoms with Crippen molar-refractivity contribution in [3.05, 3.63) is 59.7 Å². The van der Waals surface area contributed by atoms with Crippen molar-refractivity contribution in [1.82, 2.24) is 9.97 Å². The van der Waals surface area contributed by atoms with Gasteiger partial charge in [0, 0.05) is 18.0 Å². The number of ketones is 1. The number of benzene rings is 1. The van der Waals surface area contributed by atoms with Crippen molar-refractivity contribution < 1.29 is 14.7 Å². The van der Waals surface area contributed by atoms with E-state index in [0.29, 0.717) is 11.1 Å². The second-order valence-electron chi connectivity index (χ2n) is 3.68. The van der Waals surface area contributed by atoms with Gasteiger partial charge in [0.25, 0.3) is 0 Å². The molecule has 1 heterocycles. The van der Waals surface area contributed by atoms with Gasteiger partial charge in [-0.05, 0) is 5.56 Å². The maximum Gasteiger partial charge on any atom is 0.307 e. The summed E-state index contributed by atoms with van der Waals surface area (Å²) in [6.45, 7) is 0. The Hall–Kier alpha value is -2.56. The molecule has 0 spiro atoms. The minimum atomic E-state index is -0.958. The van der Waals surface area contributed by atoms with E-state index < -0.39 is 5.97 Å². The number of rotatable bonds is 4. The van der Waals surface area contributed by atoms with E-state index in [1.165, 1.54) is 12.4 Å². The highest BCUT2D eigenvalue weighted by atomic mass is 16.4. The molecule has 0 fully saturated rings. The molecular weight excluding hydrogens is 232 g/mol. The third-order valence-corrected chi connectivity index (χ3v) is 2.30. The molecule has 18 heavy (non-hydrogen) atoms. The molecule has 5 nitrogen and oxygen atoms in total. The third kappa shape index (κ3) is 2.76. The van der Waals surface area contributed by atoms with E-state index in [1.54, 1.807) is 24.3 Å². The number of nitrogens with zero attached hydrogens (tertiary/aromatic N) is 2. The van der Waals surface area contributed by atoms with Crippen molar-refractivity contribution in [3.63, 3.8) is 0 Å². The van der Waals surface area contributed by atoms with E-state index in [9.17, 15) is 9.59 Å². The molecule has 0 bridgehead atoms. The summed E-state index contributed by atoms with van der Waals surface area (Å²) in [7, 11) is 0. The highest BCUT2D eigenvalue weighted by Crippen LogP contribution is 2.06. The van der Waals surface area contributed by atoms with Crippen molar-refractivity contribution in [3.8, 4) is 0 Å². The summed E-state index contributed by atoms with van der Waals surface area (Å²) in [6.07, 6.45) is 2.56. The van der Waals surface area contributed by atoms with Crippen LogP contribution in [0.25, 0.3) is 0 Å². The third-order valence-electron chi connectivity index (χ3n) is 2.30. The van der Waals surface area contributed by atoms with E-state index in [4.69, 9.17) is 5.11 Å². The number of aromatic nitrogens is 2. The summed E-state index contributed by atoms with van der Waals surface area (Å²) in [5.41, 5.74) is 0.968. The normalized spacial score (nSPS) is 10.0. The summed E-state index contributed by atoms with van der Waals surface area (Å²) < 4.78 is 0. The highest BCUT2D eigenvalue weighted by molar-refractivity contribution is 6.06. The van der Waals surface area contributed by atoms with E-state index in [2.05, 4.69) is 9.97 Å². The number of carboxylic acid groups (broad SMARTS) is 1. The lowest BCUT2D eigenvalue weighted by Gasteiger charge is -2.00. The number of hydrogen-bond acceptors (Lipinski definition) is 4. The van der Waals surface area contributed by atoms with Crippen LogP contribution in [0.4, 0.5) is 0 Å². The topological polar surface area (TPSA) is 80.1 Å². The molecule has 0 aliphatic heterocycles. The summed E-state index contributed by atoms with van der Waals surface area (Å²) >= 11 is 0. The van der Waals surface area contributed by atoms with Gasteiger partial charge >= 0.3 is 5.97 Å². The molecule has 1 aromatic heterocycles. The Morgan fingerprint density at radius 3 is 2.22 bits per heavy atom. The molecule has 0 saturated carbocycles. The molecule has 90 valence electrons. The lowest BCUT2D eigenvalue weighted by Crippen LogP contribution is -2.08. The molecule has 0 aliphatic rings. The average molecular weight is 242 g/mol. The van der Waals surface area contributed by atoms with Gasteiger partial charge in [-0.25, -0.2) is 9.97 Å². The molecule has 0 amide bonds. The van der Waals surface area contributed by atoms with Crippen LogP contribution in [0.15, 0.2) is 42.7 Å². The highest BCUT2D eigenvalue weighted by Gasteiger charge is 2.11. The molecule has 1 N–H and O–H groups in total. The lowest BCUT2D eigenvalue weighted by molar-refractivity contribution is -0.136. The van der Waals surface area contributed by atoms with E-state index in [1.807, 2.05) is 6.07 Å². The van der Waals surface area contributed by atoms with Crippen molar-refractivity contribution in [1.29, 1.82) is 0 Å². The fraction of sp³-hybridized carbons (Fsp3) is 0.0769. The molecular formula is C13H10N2O3. The van der Waals surface area contributed by atoms with Crippen molar-refractivity contribution in [2.45, 2.75) is 6.42 Å². The smallest absolute Gasteiger partial charge is 0.307 e. The molecule has 2 aromatic rings. The van der Waals surface area contributed by atoms with Gasteiger partial charge in [0.15, 0.2) is 0 Å². The van der Waals surface area contributed by atoms with Crippen LogP contribution in [0, 0.1) is 0 Å². The molecule has 0 unspecified atom stereocenters. The number of carbonyl (C=O) groups is 2. The second-order valence-corrected chi connectivity index (χ2v) is 3.68. The van der Waals surface area contributed by atoms with Gasteiger partial charge in [0.05, 0.1) is 6.42 Å². The van der Waals surface area contributed by atoms with E-state index in [-0.39, 0.29) is 18.0 Å². The summed E-state index contributed by atoms with van der Waals surface area (Å²) in [6, 6.07) is 8.68. The van der Waals surface area contributed by atoms with Crippen LogP contribution < -0.4 is 0 Å². The predicted molar refractivity (Wildman–Crippen MR) is 63.2 cm³/mol. The van der Waals surface area contributed by atoms with Crippen molar-refractivity contribution >= 4 is 11.8 Å². The van der Waals surface area contributed by atoms with E-state index in [0.717, 1.165) is 0 Å². The number of hydrogen-bond donors (Lipinski definition) is 1. The Morgan fingerprint density at radius 1 is 1.06 bits per heavy atom. The van der Waals surface area contributed by atoms with Crippen LogP contribution in [0.3, 0.4) is 0 Å². The predicted octanol–water partition coefficient (Wildman–Crippen LogP) is 1.33. The Kier molecular flexibility index (Phi) is 3.43. The first-order chi connectivity index (χ1) is 8.66. The molecule has 0 radical (unpaired) electrons. The van der Waals surface area contributed by atoms with Gasteiger partial charge < -0.3 is 5.11 Å². The molecule has 0 aliphatic carbocycles. The zero-order chi connectivity index (χ0) is 13.0. The zero-order valence-corrected chi connectivity index (χ0v) is 9.41. The molecule has 0 atom stereocenters. The number of aliphatic carboxylic acids is 1. The Balaban J connectivity index is 2.20. The standard InChI is InChI=1S/C13H10N2O3/c16-11(17)6-9-7-14-13(15-8-9)12(18)10-4-2-1-3-5-10/h1-5,7-8H,6H2,(H,16,17). The van der Waals surface area contributed by atoms with Crippen molar-refractivity contribution in [2.75, 3.05) is 0 Å². The maximum atomic E-state index is 11.9. The SMILES string of the molecule is O=C(O)Cc1cnc(C(=O)c2ccccc2)nc1. The van der Waals surface area contributed by atoms with Gasteiger partial charge in [-0.15, -0.1) is 0 Å². The largest absolute Gasteiger partial charge is 0.481 e. The van der Waals surface area contributed by atoms with Crippen LogP contribution >= 0.6 is 0 Å². The summed E-state index contributed by atoms with van der Waals surface area (Å²) in [5, 5.41) is 8.60. The Labute approximate surface area is 103 Å². The lowest BCUT2D eigenvalue weighted by atomic mass is 10.1. The monoisotopic (exact) mass is 242 g/mol. The Bertz CT molecular complexity index is 565. The first-order valence-corrected chi connectivity index (χ1v) is 5.29. The Morgan fingerprint density at radius 2 is 1.67 bits per heavy atom. The second kappa shape index (κ2) is 5.18. The van der Waals surface area contributed by atoms with Crippen LogP contribution in [-0.2, 0) is 11.2 Å². The average Bonchev–Trinajstić information content (AvgIpc) is 2.39. The summed E-state index contributed by atoms with van der Waals surface area (Å²) in [5.74, 6) is -1.17. The van der Waals surface area contributed by atoms with Crippen molar-refractivity contribution in [2.24, 2.45) is 0 Å². The molecule has 2 rings (SSSR count). The first-order valence-electron chi connectivity index (χ1n) is 5.29. The van der Waals surface area contributed by atoms with Gasteiger partial charge in [0.1, 0.15) is 0 Å². The minimum absolute atomic E-state index is 0.0651.